The predicted octanol–water partition coefficient (Wildman–Crippen LogP) is 3.69. The monoisotopic (exact) mass is 369 g/mol. The molecule has 3 rings (SSSR count). The van der Waals surface area contributed by atoms with Gasteiger partial charge in [-0.2, -0.15) is 4.98 Å². The van der Waals surface area contributed by atoms with Crippen molar-refractivity contribution in [1.29, 1.82) is 0 Å². The Kier molecular flexibility index (Phi) is 5.23. The number of nitrogens with two attached hydrogens (primary N) is 1. The van der Waals surface area contributed by atoms with Crippen molar-refractivity contribution in [3.05, 3.63) is 70.6 Å². The topological polar surface area (TPSA) is 85.8 Å². The summed E-state index contributed by atoms with van der Waals surface area (Å²) >= 11 is 6.06. The molecule has 2 heterocycles. The summed E-state index contributed by atoms with van der Waals surface area (Å²) in [6.45, 7) is 3.91. The van der Waals surface area contributed by atoms with E-state index in [1.165, 1.54) is 0 Å². The maximum atomic E-state index is 12.7. The Labute approximate surface area is 157 Å². The van der Waals surface area contributed by atoms with E-state index >= 15 is 0 Å². The molecule has 134 valence electrons. The molecule has 0 aliphatic heterocycles. The van der Waals surface area contributed by atoms with Crippen LogP contribution in [0.1, 0.15) is 40.9 Å². The minimum Gasteiger partial charge on any atom is -0.368 e. The van der Waals surface area contributed by atoms with E-state index in [4.69, 9.17) is 17.3 Å². The fraction of sp³-hybridized carbons (Fsp3) is 0.211. The van der Waals surface area contributed by atoms with Gasteiger partial charge >= 0.3 is 0 Å². The predicted molar refractivity (Wildman–Crippen MR) is 102 cm³/mol. The van der Waals surface area contributed by atoms with Crippen molar-refractivity contribution in [2.45, 2.75) is 26.3 Å². The first kappa shape index (κ1) is 17.9. The van der Waals surface area contributed by atoms with E-state index in [9.17, 15) is 4.79 Å². The molecule has 0 saturated carbocycles. The van der Waals surface area contributed by atoms with Gasteiger partial charge in [0, 0.05) is 29.2 Å². The zero-order valence-electron chi connectivity index (χ0n) is 14.6. The van der Waals surface area contributed by atoms with Crippen LogP contribution < -0.4 is 11.1 Å². The summed E-state index contributed by atoms with van der Waals surface area (Å²) in [5, 5.41) is 3.70. The molecule has 0 radical (unpaired) electrons. The number of hydrogen-bond donors (Lipinski definition) is 2. The lowest BCUT2D eigenvalue weighted by atomic mass is 10.0. The standard InChI is InChI=1S/C19H20ClN5O/c1-3-16(13-5-4-6-15(20)9-13)23-18(26)14-7-8-25(11-14)17-12(2)10-22-19(21)24-17/h4-11,16H,3H2,1-2H3,(H,23,26)(H2,21,22,24)/t16-/m0/s1. The average Bonchev–Trinajstić information content (AvgIpc) is 3.11. The first-order chi connectivity index (χ1) is 12.5. The highest BCUT2D eigenvalue weighted by Gasteiger charge is 2.16. The molecule has 1 amide bonds. The number of benzene rings is 1. The van der Waals surface area contributed by atoms with Gasteiger partial charge in [0.15, 0.2) is 0 Å². The van der Waals surface area contributed by atoms with Crippen molar-refractivity contribution < 1.29 is 4.79 Å². The van der Waals surface area contributed by atoms with E-state index in [0.717, 1.165) is 17.5 Å². The van der Waals surface area contributed by atoms with Gasteiger partial charge in [-0.1, -0.05) is 30.7 Å². The lowest BCUT2D eigenvalue weighted by molar-refractivity contribution is 0.0935. The number of carbonyl (C=O) groups excluding carboxylic acids is 1. The van der Waals surface area contributed by atoms with Gasteiger partial charge in [0.2, 0.25) is 5.95 Å². The van der Waals surface area contributed by atoms with E-state index < -0.39 is 0 Å². The summed E-state index contributed by atoms with van der Waals surface area (Å²) in [4.78, 5) is 20.8. The highest BCUT2D eigenvalue weighted by atomic mass is 35.5. The molecule has 1 aromatic carbocycles. The quantitative estimate of drug-likeness (QED) is 0.718. The summed E-state index contributed by atoms with van der Waals surface area (Å²) in [6.07, 6.45) is 5.93. The van der Waals surface area contributed by atoms with Gasteiger partial charge in [-0.05, 0) is 37.1 Å². The van der Waals surface area contributed by atoms with Crippen molar-refractivity contribution in [3.8, 4) is 5.82 Å². The number of amides is 1. The van der Waals surface area contributed by atoms with E-state index in [0.29, 0.717) is 16.4 Å². The van der Waals surface area contributed by atoms with Gasteiger partial charge in [0.1, 0.15) is 5.82 Å². The SMILES string of the molecule is CC[C@H](NC(=O)c1ccn(-c2nc(N)ncc2C)c1)c1cccc(Cl)c1. The first-order valence-electron chi connectivity index (χ1n) is 8.31. The summed E-state index contributed by atoms with van der Waals surface area (Å²) < 4.78 is 1.77. The number of nitrogens with one attached hydrogen (secondary N) is 1. The number of nitrogens with zero attached hydrogens (tertiary/aromatic N) is 3. The van der Waals surface area contributed by atoms with Crippen LogP contribution >= 0.6 is 11.6 Å². The van der Waals surface area contributed by atoms with Crippen molar-refractivity contribution in [1.82, 2.24) is 19.9 Å². The Bertz CT molecular complexity index is 937. The molecule has 2 aromatic heterocycles. The Morgan fingerprint density at radius 3 is 2.92 bits per heavy atom. The average molecular weight is 370 g/mol. The van der Waals surface area contributed by atoms with E-state index in [1.54, 1.807) is 29.2 Å². The number of hydrogen-bond acceptors (Lipinski definition) is 4. The van der Waals surface area contributed by atoms with Gasteiger partial charge < -0.3 is 15.6 Å². The summed E-state index contributed by atoms with van der Waals surface area (Å²) in [7, 11) is 0. The zero-order chi connectivity index (χ0) is 18.7. The molecule has 0 aliphatic carbocycles. The van der Waals surface area contributed by atoms with Crippen LogP contribution in [-0.2, 0) is 0 Å². The number of anilines is 1. The van der Waals surface area contributed by atoms with Crippen LogP contribution in [0.2, 0.25) is 5.02 Å². The van der Waals surface area contributed by atoms with Gasteiger partial charge in [-0.3, -0.25) is 4.79 Å². The van der Waals surface area contributed by atoms with Gasteiger partial charge in [-0.15, -0.1) is 0 Å². The Balaban J connectivity index is 1.80. The third-order valence-electron chi connectivity index (χ3n) is 4.13. The Morgan fingerprint density at radius 1 is 1.38 bits per heavy atom. The second-order valence-corrected chi connectivity index (χ2v) is 6.47. The molecule has 3 N–H and O–H groups in total. The van der Waals surface area contributed by atoms with Crippen molar-refractivity contribution in [2.24, 2.45) is 0 Å². The normalized spacial score (nSPS) is 12.0. The van der Waals surface area contributed by atoms with Crippen molar-refractivity contribution in [2.75, 3.05) is 5.73 Å². The molecular formula is C19H20ClN5O. The lowest BCUT2D eigenvalue weighted by Gasteiger charge is -2.17. The van der Waals surface area contributed by atoms with E-state index in [1.807, 2.05) is 38.1 Å². The molecule has 0 aliphatic rings. The molecule has 0 fully saturated rings. The second-order valence-electron chi connectivity index (χ2n) is 6.03. The number of halogens is 1. The number of aromatic nitrogens is 3. The molecule has 7 heteroatoms. The van der Waals surface area contributed by atoms with Gasteiger partial charge in [0.25, 0.3) is 5.91 Å². The highest BCUT2D eigenvalue weighted by molar-refractivity contribution is 6.30. The molecule has 6 nitrogen and oxygen atoms in total. The van der Waals surface area contributed by atoms with Crippen molar-refractivity contribution in [3.63, 3.8) is 0 Å². The number of carbonyl (C=O) groups is 1. The molecule has 0 bridgehead atoms. The number of rotatable bonds is 5. The smallest absolute Gasteiger partial charge is 0.253 e. The lowest BCUT2D eigenvalue weighted by Crippen LogP contribution is -2.27. The van der Waals surface area contributed by atoms with Crippen molar-refractivity contribution >= 4 is 23.5 Å². The number of nitrogen functional groups attached to an aromatic ring is 1. The van der Waals surface area contributed by atoms with Crippen LogP contribution in [0.3, 0.4) is 0 Å². The molecule has 1 atom stereocenters. The Morgan fingerprint density at radius 2 is 2.19 bits per heavy atom. The zero-order valence-corrected chi connectivity index (χ0v) is 15.4. The fourth-order valence-corrected chi connectivity index (χ4v) is 2.95. The molecule has 0 spiro atoms. The first-order valence-corrected chi connectivity index (χ1v) is 8.69. The largest absolute Gasteiger partial charge is 0.368 e. The van der Waals surface area contributed by atoms with Crippen LogP contribution in [0.5, 0.6) is 0 Å². The molecule has 26 heavy (non-hydrogen) atoms. The minimum absolute atomic E-state index is 0.110. The maximum Gasteiger partial charge on any atom is 0.253 e. The summed E-state index contributed by atoms with van der Waals surface area (Å²) in [5.41, 5.74) is 8.06. The maximum absolute atomic E-state index is 12.7. The number of aryl methyl sites for hydroxylation is 1. The van der Waals surface area contributed by atoms with Crippen LogP contribution in [0.25, 0.3) is 5.82 Å². The Hall–Kier alpha value is -2.86. The van der Waals surface area contributed by atoms with E-state index in [-0.39, 0.29) is 17.9 Å². The van der Waals surface area contributed by atoms with Crippen LogP contribution in [0, 0.1) is 6.92 Å². The van der Waals surface area contributed by atoms with Crippen LogP contribution in [-0.4, -0.2) is 20.4 Å². The van der Waals surface area contributed by atoms with Crippen LogP contribution in [0.4, 0.5) is 5.95 Å². The summed E-state index contributed by atoms with van der Waals surface area (Å²) in [5.74, 6) is 0.686. The van der Waals surface area contributed by atoms with Gasteiger partial charge in [-0.25, -0.2) is 4.98 Å². The molecule has 3 aromatic rings. The van der Waals surface area contributed by atoms with Crippen LogP contribution in [0.15, 0.2) is 48.9 Å². The minimum atomic E-state index is -0.157. The second kappa shape index (κ2) is 7.58. The van der Waals surface area contributed by atoms with E-state index in [2.05, 4.69) is 15.3 Å². The molecular weight excluding hydrogens is 350 g/mol. The van der Waals surface area contributed by atoms with Gasteiger partial charge in [0.05, 0.1) is 11.6 Å². The molecule has 0 saturated heterocycles. The summed E-state index contributed by atoms with van der Waals surface area (Å²) in [6, 6.07) is 9.16. The third-order valence-corrected chi connectivity index (χ3v) is 4.36. The molecule has 0 unspecified atom stereocenters. The third kappa shape index (κ3) is 3.86. The highest BCUT2D eigenvalue weighted by Crippen LogP contribution is 2.21. The fourth-order valence-electron chi connectivity index (χ4n) is 2.76.